The van der Waals surface area contributed by atoms with Gasteiger partial charge >= 0.3 is 5.97 Å². The second-order valence-electron chi connectivity index (χ2n) is 5.77. The normalized spacial score (nSPS) is 29.1. The number of fused-ring (bicyclic) bond motifs is 1. The summed E-state index contributed by atoms with van der Waals surface area (Å²) >= 11 is 1.92. The second-order valence-corrected chi connectivity index (χ2v) is 6.91. The predicted molar refractivity (Wildman–Crippen MR) is 81.0 cm³/mol. The highest BCUT2D eigenvalue weighted by molar-refractivity contribution is 7.99. The van der Waals surface area contributed by atoms with Gasteiger partial charge in [0.15, 0.2) is 0 Å². The van der Waals surface area contributed by atoms with Gasteiger partial charge in [-0.25, -0.2) is 0 Å². The summed E-state index contributed by atoms with van der Waals surface area (Å²) in [5.41, 5.74) is 1.38. The largest absolute Gasteiger partial charge is 0.481 e. The van der Waals surface area contributed by atoms with E-state index >= 15 is 0 Å². The molecule has 1 saturated carbocycles. The molecule has 0 aromatic heterocycles. The lowest BCUT2D eigenvalue weighted by Gasteiger charge is -2.28. The quantitative estimate of drug-likeness (QED) is 0.893. The third kappa shape index (κ3) is 2.86. The number of rotatable bonds is 4. The molecule has 4 heteroatoms. The first kappa shape index (κ1) is 14.0. The first-order valence-electron chi connectivity index (χ1n) is 7.43. The molecule has 0 bridgehead atoms. The van der Waals surface area contributed by atoms with Crippen molar-refractivity contribution in [2.75, 3.05) is 12.3 Å². The Labute approximate surface area is 124 Å². The van der Waals surface area contributed by atoms with E-state index in [1.54, 1.807) is 0 Å². The summed E-state index contributed by atoms with van der Waals surface area (Å²) < 4.78 is 0. The smallest absolute Gasteiger partial charge is 0.306 e. The number of carboxylic acid groups (broad SMARTS) is 1. The SMILES string of the molecule is O=C(O)C1CCCC1CNC1CCSc2ccccc21. The first-order chi connectivity index (χ1) is 9.75. The Morgan fingerprint density at radius 3 is 3.00 bits per heavy atom. The molecule has 1 heterocycles. The van der Waals surface area contributed by atoms with Gasteiger partial charge in [0.2, 0.25) is 0 Å². The van der Waals surface area contributed by atoms with Crippen LogP contribution in [0.5, 0.6) is 0 Å². The zero-order valence-corrected chi connectivity index (χ0v) is 12.4. The van der Waals surface area contributed by atoms with E-state index in [1.165, 1.54) is 10.5 Å². The van der Waals surface area contributed by atoms with Gasteiger partial charge in [-0.3, -0.25) is 4.79 Å². The van der Waals surface area contributed by atoms with E-state index < -0.39 is 5.97 Å². The molecule has 108 valence electrons. The lowest BCUT2D eigenvalue weighted by molar-refractivity contribution is -0.142. The minimum atomic E-state index is -0.617. The number of hydrogen-bond donors (Lipinski definition) is 2. The number of benzene rings is 1. The average molecular weight is 291 g/mol. The number of carboxylic acids is 1. The molecular weight excluding hydrogens is 270 g/mol. The molecule has 2 aliphatic rings. The van der Waals surface area contributed by atoms with Gasteiger partial charge in [0.1, 0.15) is 0 Å². The van der Waals surface area contributed by atoms with Crippen molar-refractivity contribution in [2.45, 2.75) is 36.6 Å². The number of aliphatic carboxylic acids is 1. The maximum absolute atomic E-state index is 11.2. The topological polar surface area (TPSA) is 49.3 Å². The lowest BCUT2D eigenvalue weighted by Crippen LogP contribution is -2.32. The van der Waals surface area contributed by atoms with Crippen molar-refractivity contribution in [3.63, 3.8) is 0 Å². The highest BCUT2D eigenvalue weighted by atomic mass is 32.2. The third-order valence-corrected chi connectivity index (χ3v) is 5.68. The molecule has 20 heavy (non-hydrogen) atoms. The zero-order chi connectivity index (χ0) is 13.9. The molecule has 1 aliphatic carbocycles. The fraction of sp³-hybridized carbons (Fsp3) is 0.562. The van der Waals surface area contributed by atoms with Gasteiger partial charge in [0.05, 0.1) is 5.92 Å². The highest BCUT2D eigenvalue weighted by Gasteiger charge is 2.33. The molecule has 0 saturated heterocycles. The Morgan fingerprint density at radius 2 is 2.15 bits per heavy atom. The van der Waals surface area contributed by atoms with Crippen LogP contribution in [0, 0.1) is 11.8 Å². The summed E-state index contributed by atoms with van der Waals surface area (Å²) in [5, 5.41) is 12.9. The number of nitrogens with one attached hydrogen (secondary N) is 1. The van der Waals surface area contributed by atoms with Gasteiger partial charge in [0.25, 0.3) is 0 Å². The fourth-order valence-electron chi connectivity index (χ4n) is 3.45. The Hall–Kier alpha value is -1.00. The molecule has 3 atom stereocenters. The van der Waals surface area contributed by atoms with Crippen LogP contribution in [0.15, 0.2) is 29.2 Å². The molecule has 0 radical (unpaired) electrons. The summed E-state index contributed by atoms with van der Waals surface area (Å²) in [6.07, 6.45) is 4.08. The molecule has 1 aromatic rings. The van der Waals surface area contributed by atoms with E-state index in [9.17, 15) is 9.90 Å². The molecule has 1 aliphatic heterocycles. The molecule has 2 N–H and O–H groups in total. The van der Waals surface area contributed by atoms with Crippen LogP contribution in [-0.4, -0.2) is 23.4 Å². The molecule has 1 aromatic carbocycles. The molecule has 1 fully saturated rings. The van der Waals surface area contributed by atoms with Crippen molar-refractivity contribution in [3.05, 3.63) is 29.8 Å². The van der Waals surface area contributed by atoms with Crippen LogP contribution >= 0.6 is 11.8 Å². The minimum absolute atomic E-state index is 0.143. The molecule has 3 rings (SSSR count). The summed E-state index contributed by atoms with van der Waals surface area (Å²) in [5.74, 6) is 0.681. The van der Waals surface area contributed by atoms with Crippen molar-refractivity contribution in [1.29, 1.82) is 0 Å². The van der Waals surface area contributed by atoms with Crippen molar-refractivity contribution >= 4 is 17.7 Å². The van der Waals surface area contributed by atoms with Crippen LogP contribution in [0.1, 0.15) is 37.3 Å². The lowest BCUT2D eigenvalue weighted by atomic mass is 9.95. The molecular formula is C16H21NO2S. The van der Waals surface area contributed by atoms with E-state index in [0.29, 0.717) is 12.0 Å². The number of thioether (sulfide) groups is 1. The minimum Gasteiger partial charge on any atom is -0.481 e. The van der Waals surface area contributed by atoms with Crippen LogP contribution in [0.25, 0.3) is 0 Å². The van der Waals surface area contributed by atoms with Gasteiger partial charge in [-0.15, -0.1) is 11.8 Å². The van der Waals surface area contributed by atoms with E-state index in [-0.39, 0.29) is 5.92 Å². The van der Waals surface area contributed by atoms with Crippen molar-refractivity contribution < 1.29 is 9.90 Å². The summed E-state index contributed by atoms with van der Waals surface area (Å²) in [4.78, 5) is 12.6. The summed E-state index contributed by atoms with van der Waals surface area (Å²) in [7, 11) is 0. The van der Waals surface area contributed by atoms with Crippen molar-refractivity contribution in [2.24, 2.45) is 11.8 Å². The first-order valence-corrected chi connectivity index (χ1v) is 8.42. The monoisotopic (exact) mass is 291 g/mol. The van der Waals surface area contributed by atoms with Crippen LogP contribution in [0.2, 0.25) is 0 Å². The maximum Gasteiger partial charge on any atom is 0.306 e. The fourth-order valence-corrected chi connectivity index (χ4v) is 4.58. The molecule has 0 amide bonds. The average Bonchev–Trinajstić information content (AvgIpc) is 2.93. The highest BCUT2D eigenvalue weighted by Crippen LogP contribution is 2.37. The molecule has 3 nitrogen and oxygen atoms in total. The predicted octanol–water partition coefficient (Wildman–Crippen LogP) is 3.31. The van der Waals surface area contributed by atoms with Crippen LogP contribution in [0.4, 0.5) is 0 Å². The van der Waals surface area contributed by atoms with Crippen LogP contribution in [-0.2, 0) is 4.79 Å². The van der Waals surface area contributed by atoms with E-state index in [1.807, 2.05) is 11.8 Å². The maximum atomic E-state index is 11.2. The standard InChI is InChI=1S/C16H21NO2S/c18-16(19)12-6-3-4-11(12)10-17-14-8-9-20-15-7-2-1-5-13(14)15/h1-2,5,7,11-12,14,17H,3-4,6,8-10H2,(H,18,19). The van der Waals surface area contributed by atoms with E-state index in [4.69, 9.17) is 0 Å². The van der Waals surface area contributed by atoms with Gasteiger partial charge in [-0.2, -0.15) is 0 Å². The Balaban J connectivity index is 1.63. The second kappa shape index (κ2) is 6.19. The van der Waals surface area contributed by atoms with Crippen molar-refractivity contribution in [3.8, 4) is 0 Å². The van der Waals surface area contributed by atoms with Gasteiger partial charge in [-0.1, -0.05) is 24.6 Å². The Morgan fingerprint density at radius 1 is 1.30 bits per heavy atom. The van der Waals surface area contributed by atoms with Crippen LogP contribution < -0.4 is 5.32 Å². The number of hydrogen-bond acceptors (Lipinski definition) is 3. The van der Waals surface area contributed by atoms with Gasteiger partial charge in [0, 0.05) is 10.9 Å². The summed E-state index contributed by atoms with van der Waals surface area (Å²) in [6.45, 7) is 0.834. The third-order valence-electron chi connectivity index (χ3n) is 4.56. The Bertz CT molecular complexity index is 491. The van der Waals surface area contributed by atoms with E-state index in [0.717, 1.165) is 38.0 Å². The summed E-state index contributed by atoms with van der Waals surface area (Å²) in [6, 6.07) is 8.95. The zero-order valence-electron chi connectivity index (χ0n) is 11.5. The Kier molecular flexibility index (Phi) is 4.32. The molecule has 0 spiro atoms. The van der Waals surface area contributed by atoms with Gasteiger partial charge in [-0.05, 0) is 49.1 Å². The van der Waals surface area contributed by atoms with Crippen LogP contribution in [0.3, 0.4) is 0 Å². The van der Waals surface area contributed by atoms with E-state index in [2.05, 4.69) is 29.6 Å². The van der Waals surface area contributed by atoms with Gasteiger partial charge < -0.3 is 10.4 Å². The number of carbonyl (C=O) groups is 1. The molecule has 3 unspecified atom stereocenters. The van der Waals surface area contributed by atoms with Crippen molar-refractivity contribution in [1.82, 2.24) is 5.32 Å².